The van der Waals surface area contributed by atoms with Crippen molar-refractivity contribution in [2.45, 2.75) is 83.9 Å². The number of rotatable bonds is 14. The number of amides is 1. The molecule has 2 unspecified atom stereocenters. The van der Waals surface area contributed by atoms with Gasteiger partial charge in [-0.25, -0.2) is 9.59 Å². The standard InChI is InChI=1S/C34H39NO13/c1-21(36)42-20-29-31(46-23(3)38)32(47-24(4)39)30(45-22(2)37)28(48-29)17-11-16-27(33(40)43-18-25-12-7-5-8-13-25)35-34(41)44-19-26-14-9-6-10-15-26/h5-16,27-32H,17-20H2,1-4H3,(H,35,41)/b16-11+/t27-,28-,29?,30?,31-,32+/m0/s1. The molecule has 1 amide bonds. The summed E-state index contributed by atoms with van der Waals surface area (Å²) in [6, 6.07) is 16.5. The third kappa shape index (κ3) is 12.5. The molecule has 0 aliphatic carbocycles. The lowest BCUT2D eigenvalue weighted by molar-refractivity contribution is -0.251. The maximum absolute atomic E-state index is 13.1. The van der Waals surface area contributed by atoms with Gasteiger partial charge in [-0.3, -0.25) is 19.2 Å². The molecule has 1 fully saturated rings. The van der Waals surface area contributed by atoms with E-state index in [1.165, 1.54) is 19.1 Å². The van der Waals surface area contributed by atoms with Crippen molar-refractivity contribution < 1.29 is 61.9 Å². The van der Waals surface area contributed by atoms with Crippen molar-refractivity contribution in [2.75, 3.05) is 6.61 Å². The molecule has 0 aromatic heterocycles. The monoisotopic (exact) mass is 669 g/mol. The summed E-state index contributed by atoms with van der Waals surface area (Å²) in [6.45, 7) is 4.05. The van der Waals surface area contributed by atoms with Crippen LogP contribution < -0.4 is 5.32 Å². The molecule has 0 bridgehead atoms. The van der Waals surface area contributed by atoms with Crippen molar-refractivity contribution in [1.82, 2.24) is 5.32 Å². The van der Waals surface area contributed by atoms with E-state index in [0.717, 1.165) is 31.9 Å². The minimum atomic E-state index is -1.35. The van der Waals surface area contributed by atoms with E-state index in [0.29, 0.717) is 0 Å². The van der Waals surface area contributed by atoms with E-state index >= 15 is 0 Å². The van der Waals surface area contributed by atoms with Crippen molar-refractivity contribution in [3.05, 3.63) is 83.9 Å². The number of hydrogen-bond donors (Lipinski definition) is 1. The molecule has 48 heavy (non-hydrogen) atoms. The summed E-state index contributed by atoms with van der Waals surface area (Å²) in [7, 11) is 0. The molecule has 14 heteroatoms. The molecule has 0 radical (unpaired) electrons. The van der Waals surface area contributed by atoms with Crippen molar-refractivity contribution in [2.24, 2.45) is 0 Å². The fraction of sp³-hybridized carbons (Fsp3) is 0.412. The fourth-order valence-corrected chi connectivity index (χ4v) is 4.75. The first-order valence-corrected chi connectivity index (χ1v) is 15.1. The summed E-state index contributed by atoms with van der Waals surface area (Å²) < 4.78 is 38.2. The van der Waals surface area contributed by atoms with E-state index in [2.05, 4.69) is 5.32 Å². The molecular formula is C34H39NO13. The molecule has 1 saturated heterocycles. The van der Waals surface area contributed by atoms with E-state index < -0.39 is 72.5 Å². The van der Waals surface area contributed by atoms with Crippen LogP contribution in [-0.4, -0.2) is 79.1 Å². The number of nitrogens with one attached hydrogen (secondary N) is 1. The van der Waals surface area contributed by atoms with E-state index in [4.69, 9.17) is 33.2 Å². The van der Waals surface area contributed by atoms with Crippen LogP contribution in [0.25, 0.3) is 0 Å². The molecule has 2 aromatic carbocycles. The van der Waals surface area contributed by atoms with Gasteiger partial charge in [0.25, 0.3) is 0 Å². The van der Waals surface area contributed by atoms with E-state index in [1.807, 2.05) is 12.1 Å². The lowest BCUT2D eigenvalue weighted by Gasteiger charge is -2.44. The number of esters is 5. The van der Waals surface area contributed by atoms with Crippen LogP contribution in [-0.2, 0) is 70.3 Å². The van der Waals surface area contributed by atoms with Crippen molar-refractivity contribution in [1.29, 1.82) is 0 Å². The Hall–Kier alpha value is -5.24. The van der Waals surface area contributed by atoms with Gasteiger partial charge in [0.05, 0.1) is 0 Å². The van der Waals surface area contributed by atoms with Crippen molar-refractivity contribution in [3.8, 4) is 0 Å². The third-order valence-electron chi connectivity index (χ3n) is 6.75. The van der Waals surface area contributed by atoms with E-state index in [9.17, 15) is 28.8 Å². The van der Waals surface area contributed by atoms with Crippen LogP contribution in [0.15, 0.2) is 72.8 Å². The summed E-state index contributed by atoms with van der Waals surface area (Å²) >= 11 is 0. The minimum Gasteiger partial charge on any atom is -0.463 e. The number of ether oxygens (including phenoxy) is 7. The number of hydrogen-bond acceptors (Lipinski definition) is 13. The third-order valence-corrected chi connectivity index (χ3v) is 6.75. The molecule has 1 heterocycles. The van der Waals surface area contributed by atoms with Gasteiger partial charge in [0, 0.05) is 27.7 Å². The summed E-state index contributed by atoms with van der Waals surface area (Å²) in [6.07, 6.45) is -4.31. The molecule has 1 N–H and O–H groups in total. The Labute approximate surface area is 277 Å². The topological polar surface area (TPSA) is 179 Å². The van der Waals surface area contributed by atoms with Gasteiger partial charge in [0.2, 0.25) is 0 Å². The maximum atomic E-state index is 13.1. The normalized spacial score (nSPS) is 20.9. The second-order valence-electron chi connectivity index (χ2n) is 10.7. The summed E-state index contributed by atoms with van der Waals surface area (Å²) in [5.74, 6) is -3.72. The molecule has 0 spiro atoms. The van der Waals surface area contributed by atoms with Crippen LogP contribution in [0.4, 0.5) is 4.79 Å². The van der Waals surface area contributed by atoms with Gasteiger partial charge in [0.15, 0.2) is 18.3 Å². The Kier molecular flexibility index (Phi) is 14.6. The average Bonchev–Trinajstić information content (AvgIpc) is 3.04. The van der Waals surface area contributed by atoms with Crippen LogP contribution in [0.3, 0.4) is 0 Å². The molecule has 3 rings (SSSR count). The second kappa shape index (κ2) is 18.8. The summed E-state index contributed by atoms with van der Waals surface area (Å²) in [4.78, 5) is 73.6. The van der Waals surface area contributed by atoms with Gasteiger partial charge in [0.1, 0.15) is 38.1 Å². The zero-order chi connectivity index (χ0) is 35.1. The molecule has 258 valence electrons. The second-order valence-corrected chi connectivity index (χ2v) is 10.7. The average molecular weight is 670 g/mol. The van der Waals surface area contributed by atoms with Gasteiger partial charge >= 0.3 is 35.9 Å². The first-order valence-electron chi connectivity index (χ1n) is 15.1. The van der Waals surface area contributed by atoms with Gasteiger partial charge in [-0.1, -0.05) is 72.8 Å². The Balaban J connectivity index is 1.84. The first-order chi connectivity index (χ1) is 22.9. The van der Waals surface area contributed by atoms with Crippen molar-refractivity contribution in [3.63, 3.8) is 0 Å². The molecule has 0 saturated carbocycles. The Morgan fingerprint density at radius 3 is 1.69 bits per heavy atom. The van der Waals surface area contributed by atoms with Crippen LogP contribution in [0.5, 0.6) is 0 Å². The molecule has 6 atom stereocenters. The smallest absolute Gasteiger partial charge is 0.408 e. The van der Waals surface area contributed by atoms with Crippen molar-refractivity contribution >= 4 is 35.9 Å². The predicted octanol–water partition coefficient (Wildman–Crippen LogP) is 3.10. The molecule has 14 nitrogen and oxygen atoms in total. The Morgan fingerprint density at radius 1 is 0.667 bits per heavy atom. The highest BCUT2D eigenvalue weighted by Gasteiger charge is 2.51. The van der Waals surface area contributed by atoms with Gasteiger partial charge < -0.3 is 38.5 Å². The summed E-state index contributed by atoms with van der Waals surface area (Å²) in [5, 5.41) is 2.48. The lowest BCUT2D eigenvalue weighted by Crippen LogP contribution is -2.62. The highest BCUT2D eigenvalue weighted by molar-refractivity contribution is 5.83. The van der Waals surface area contributed by atoms with Gasteiger partial charge in [-0.2, -0.15) is 0 Å². The first kappa shape index (κ1) is 37.2. The quantitative estimate of drug-likeness (QED) is 0.176. The highest BCUT2D eigenvalue weighted by Crippen LogP contribution is 2.31. The minimum absolute atomic E-state index is 0.0487. The largest absolute Gasteiger partial charge is 0.463 e. The van der Waals surface area contributed by atoms with Crippen LogP contribution in [0.2, 0.25) is 0 Å². The molecule has 2 aromatic rings. The molecule has 1 aliphatic heterocycles. The Morgan fingerprint density at radius 2 is 1.17 bits per heavy atom. The summed E-state index contributed by atoms with van der Waals surface area (Å²) in [5.41, 5.74) is 1.45. The number of carbonyl (C=O) groups is 6. The van der Waals surface area contributed by atoms with E-state index in [-0.39, 0.29) is 26.2 Å². The van der Waals surface area contributed by atoms with Gasteiger partial charge in [-0.05, 0) is 17.5 Å². The number of benzene rings is 2. The Bertz CT molecular complexity index is 1430. The van der Waals surface area contributed by atoms with Crippen LogP contribution >= 0.6 is 0 Å². The lowest BCUT2D eigenvalue weighted by atomic mass is 9.92. The van der Waals surface area contributed by atoms with Crippen LogP contribution in [0, 0.1) is 0 Å². The number of alkyl carbamates (subject to hydrolysis) is 1. The maximum Gasteiger partial charge on any atom is 0.408 e. The number of carbonyl (C=O) groups excluding carboxylic acids is 6. The molecular weight excluding hydrogens is 630 g/mol. The fourth-order valence-electron chi connectivity index (χ4n) is 4.75. The van der Waals surface area contributed by atoms with Crippen LogP contribution in [0.1, 0.15) is 45.2 Å². The SMILES string of the molecule is CC(=O)OCC1O[C@@H](C/C=C/[C@H](NC(=O)OCc2ccccc2)C(=O)OCc2ccccc2)C(OC(C)=O)[C@@H](OC(C)=O)[C@H]1OC(C)=O. The highest BCUT2D eigenvalue weighted by atomic mass is 16.7. The zero-order valence-corrected chi connectivity index (χ0v) is 27.0. The predicted molar refractivity (Wildman–Crippen MR) is 166 cm³/mol. The van der Waals surface area contributed by atoms with Gasteiger partial charge in [-0.15, -0.1) is 0 Å². The zero-order valence-electron chi connectivity index (χ0n) is 27.0. The molecule has 1 aliphatic rings. The van der Waals surface area contributed by atoms with E-state index in [1.54, 1.807) is 48.5 Å².